The number of carbonyl (C=O) groups is 1. The molecule has 1 saturated carbocycles. The minimum absolute atomic E-state index is 0.0896. The molecule has 2 aromatic carbocycles. The smallest absolute Gasteiger partial charge is 0.265 e. The number of hydrogen-bond donors (Lipinski definition) is 1. The first-order valence-electron chi connectivity index (χ1n) is 8.68. The van der Waals surface area contributed by atoms with Gasteiger partial charge in [0.05, 0.1) is 10.6 Å². The van der Waals surface area contributed by atoms with E-state index in [0.29, 0.717) is 16.8 Å². The van der Waals surface area contributed by atoms with E-state index < -0.39 is 15.8 Å². The average Bonchev–Trinajstić information content (AvgIpc) is 3.12. The lowest BCUT2D eigenvalue weighted by Crippen LogP contribution is -2.44. The van der Waals surface area contributed by atoms with Crippen LogP contribution in [0.15, 0.2) is 47.4 Å². The number of fused-ring (bicyclic) bond motifs is 3. The Morgan fingerprint density at radius 2 is 1.85 bits per heavy atom. The van der Waals surface area contributed by atoms with Crippen molar-refractivity contribution in [3.63, 3.8) is 0 Å². The monoisotopic (exact) mass is 374 g/mol. The van der Waals surface area contributed by atoms with Crippen molar-refractivity contribution in [1.29, 1.82) is 0 Å². The highest BCUT2D eigenvalue weighted by Gasteiger charge is 2.36. The number of nitrogens with zero attached hydrogens (tertiary/aromatic N) is 1. The molecular weight excluding hydrogens is 355 g/mol. The quantitative estimate of drug-likeness (QED) is 0.898. The van der Waals surface area contributed by atoms with Gasteiger partial charge in [-0.2, -0.15) is 0 Å². The third-order valence-corrected chi connectivity index (χ3v) is 6.80. The van der Waals surface area contributed by atoms with Crippen molar-refractivity contribution in [2.75, 3.05) is 10.8 Å². The summed E-state index contributed by atoms with van der Waals surface area (Å²) < 4.78 is 41.0. The Kier molecular flexibility index (Phi) is 4.19. The highest BCUT2D eigenvalue weighted by Crippen LogP contribution is 2.42. The summed E-state index contributed by atoms with van der Waals surface area (Å²) in [6, 6.07) is 10.5. The van der Waals surface area contributed by atoms with Crippen LogP contribution in [0.1, 0.15) is 25.7 Å². The van der Waals surface area contributed by atoms with Crippen LogP contribution in [-0.2, 0) is 14.8 Å². The van der Waals surface area contributed by atoms with Gasteiger partial charge in [0, 0.05) is 17.2 Å². The number of hydrogen-bond acceptors (Lipinski definition) is 3. The number of benzene rings is 2. The fraction of sp³-hybridized carbons (Fsp3) is 0.316. The van der Waals surface area contributed by atoms with Crippen molar-refractivity contribution in [1.82, 2.24) is 5.32 Å². The predicted octanol–water partition coefficient (Wildman–Crippen LogP) is 3.06. The van der Waals surface area contributed by atoms with Crippen LogP contribution in [0.25, 0.3) is 11.1 Å². The van der Waals surface area contributed by atoms with Crippen molar-refractivity contribution < 1.29 is 17.6 Å². The zero-order valence-corrected chi connectivity index (χ0v) is 14.9. The lowest BCUT2D eigenvalue weighted by molar-refractivity contribution is -0.120. The van der Waals surface area contributed by atoms with Gasteiger partial charge in [0.2, 0.25) is 5.91 Å². The van der Waals surface area contributed by atoms with E-state index in [2.05, 4.69) is 5.32 Å². The van der Waals surface area contributed by atoms with Crippen molar-refractivity contribution >= 4 is 21.6 Å². The van der Waals surface area contributed by atoms with Gasteiger partial charge in [0.1, 0.15) is 12.4 Å². The number of rotatable bonds is 3. The maximum atomic E-state index is 13.8. The van der Waals surface area contributed by atoms with Crippen LogP contribution in [0.5, 0.6) is 0 Å². The lowest BCUT2D eigenvalue weighted by Gasteiger charge is -2.32. The summed E-state index contributed by atoms with van der Waals surface area (Å²) in [4.78, 5) is 12.5. The molecule has 0 aromatic heterocycles. The van der Waals surface area contributed by atoms with Crippen LogP contribution in [0.2, 0.25) is 0 Å². The van der Waals surface area contributed by atoms with Crippen molar-refractivity contribution in [2.24, 2.45) is 0 Å². The van der Waals surface area contributed by atoms with E-state index in [1.165, 1.54) is 24.3 Å². The molecule has 26 heavy (non-hydrogen) atoms. The van der Waals surface area contributed by atoms with Gasteiger partial charge in [-0.25, -0.2) is 12.8 Å². The molecule has 0 saturated heterocycles. The average molecular weight is 374 g/mol. The first-order chi connectivity index (χ1) is 12.5. The molecule has 1 heterocycles. The minimum Gasteiger partial charge on any atom is -0.352 e. The third-order valence-electron chi connectivity index (χ3n) is 4.98. The minimum atomic E-state index is -3.89. The zero-order valence-electron chi connectivity index (χ0n) is 14.1. The Morgan fingerprint density at radius 3 is 2.62 bits per heavy atom. The molecule has 2 aromatic rings. The molecule has 136 valence electrons. The van der Waals surface area contributed by atoms with E-state index in [1.807, 2.05) is 0 Å². The molecular formula is C19H19FN2O3S. The van der Waals surface area contributed by atoms with Gasteiger partial charge in [0.15, 0.2) is 0 Å². The number of anilines is 1. The molecule has 1 aliphatic heterocycles. The first kappa shape index (κ1) is 17.0. The number of sulfonamides is 1. The van der Waals surface area contributed by atoms with E-state index in [4.69, 9.17) is 0 Å². The number of nitrogens with one attached hydrogen (secondary N) is 1. The summed E-state index contributed by atoms with van der Waals surface area (Å²) in [5.74, 6) is -0.789. The molecule has 0 spiro atoms. The second kappa shape index (κ2) is 6.39. The molecule has 0 unspecified atom stereocenters. The SMILES string of the molecule is O=C(CN1c2ccc(F)cc2-c2ccccc2S1(=O)=O)NC1CCCC1. The maximum absolute atomic E-state index is 13.8. The normalized spacial score (nSPS) is 18.3. The van der Waals surface area contributed by atoms with Gasteiger partial charge in [0.25, 0.3) is 10.0 Å². The van der Waals surface area contributed by atoms with Crippen LogP contribution in [0.4, 0.5) is 10.1 Å². The summed E-state index contributed by atoms with van der Waals surface area (Å²) in [5.41, 5.74) is 1.25. The Labute approximate surface area is 151 Å². The van der Waals surface area contributed by atoms with Gasteiger partial charge >= 0.3 is 0 Å². The Hall–Kier alpha value is -2.41. The standard InChI is InChI=1S/C19H19FN2O3S/c20-13-9-10-17-16(11-13)15-7-3-4-8-18(15)26(24,25)22(17)12-19(23)21-14-5-1-2-6-14/h3-4,7-11,14H,1-2,5-6,12H2,(H,21,23). The topological polar surface area (TPSA) is 66.5 Å². The first-order valence-corrected chi connectivity index (χ1v) is 10.1. The molecule has 1 fully saturated rings. The predicted molar refractivity (Wildman–Crippen MR) is 96.8 cm³/mol. The van der Waals surface area contributed by atoms with Crippen molar-refractivity contribution in [3.05, 3.63) is 48.3 Å². The zero-order chi connectivity index (χ0) is 18.3. The summed E-state index contributed by atoms with van der Waals surface area (Å²) in [6.45, 7) is -0.314. The van der Waals surface area contributed by atoms with Crippen LogP contribution in [0, 0.1) is 5.82 Å². The lowest BCUT2D eigenvalue weighted by atomic mass is 10.0. The van der Waals surface area contributed by atoms with E-state index in [1.54, 1.807) is 18.2 Å². The largest absolute Gasteiger partial charge is 0.352 e. The van der Waals surface area contributed by atoms with Gasteiger partial charge in [-0.05, 0) is 37.1 Å². The van der Waals surface area contributed by atoms with Crippen LogP contribution < -0.4 is 9.62 Å². The Morgan fingerprint density at radius 1 is 1.12 bits per heavy atom. The number of halogens is 1. The molecule has 5 nitrogen and oxygen atoms in total. The molecule has 0 atom stereocenters. The molecule has 4 rings (SSSR count). The van der Waals surface area contributed by atoms with Gasteiger partial charge in [-0.15, -0.1) is 0 Å². The van der Waals surface area contributed by atoms with Crippen molar-refractivity contribution in [2.45, 2.75) is 36.6 Å². The van der Waals surface area contributed by atoms with Crippen LogP contribution in [0.3, 0.4) is 0 Å². The Balaban J connectivity index is 1.73. The fourth-order valence-electron chi connectivity index (χ4n) is 3.75. The van der Waals surface area contributed by atoms with Gasteiger partial charge < -0.3 is 5.32 Å². The molecule has 0 bridgehead atoms. The van der Waals surface area contributed by atoms with E-state index >= 15 is 0 Å². The molecule has 1 N–H and O–H groups in total. The summed E-state index contributed by atoms with van der Waals surface area (Å²) in [6.07, 6.45) is 3.98. The second-order valence-corrected chi connectivity index (χ2v) is 8.55. The number of amides is 1. The van der Waals surface area contributed by atoms with Crippen LogP contribution >= 0.6 is 0 Å². The Bertz CT molecular complexity index is 968. The van der Waals surface area contributed by atoms with Gasteiger partial charge in [-0.3, -0.25) is 9.10 Å². The second-order valence-electron chi connectivity index (χ2n) is 6.72. The summed E-state index contributed by atoms with van der Waals surface area (Å²) in [5, 5.41) is 2.91. The molecule has 1 aliphatic carbocycles. The molecule has 1 amide bonds. The molecule has 7 heteroatoms. The van der Waals surface area contributed by atoms with Crippen molar-refractivity contribution in [3.8, 4) is 11.1 Å². The third kappa shape index (κ3) is 2.86. The van der Waals surface area contributed by atoms with E-state index in [-0.39, 0.29) is 23.4 Å². The molecule has 2 aliphatic rings. The fourth-order valence-corrected chi connectivity index (χ4v) is 5.40. The highest BCUT2D eigenvalue weighted by molar-refractivity contribution is 7.93. The summed E-state index contributed by atoms with van der Waals surface area (Å²) >= 11 is 0. The van der Waals surface area contributed by atoms with E-state index in [9.17, 15) is 17.6 Å². The number of carbonyl (C=O) groups excluding carboxylic acids is 1. The van der Waals surface area contributed by atoms with Gasteiger partial charge in [-0.1, -0.05) is 31.0 Å². The van der Waals surface area contributed by atoms with Crippen LogP contribution in [-0.4, -0.2) is 26.9 Å². The highest BCUT2D eigenvalue weighted by atomic mass is 32.2. The van der Waals surface area contributed by atoms with E-state index in [0.717, 1.165) is 30.0 Å². The molecule has 0 radical (unpaired) electrons. The summed E-state index contributed by atoms with van der Waals surface area (Å²) in [7, 11) is -3.89. The maximum Gasteiger partial charge on any atom is 0.265 e.